The molecule has 2 nitrogen and oxygen atoms in total. The highest BCUT2D eigenvalue weighted by atomic mass is 15.0. The lowest BCUT2D eigenvalue weighted by molar-refractivity contribution is 0.953. The summed E-state index contributed by atoms with van der Waals surface area (Å²) in [7, 11) is 1.83. The smallest absolute Gasteiger partial charge is 0.100 e. The molecule has 1 rings (SSSR count). The summed E-state index contributed by atoms with van der Waals surface area (Å²) >= 11 is 0. The summed E-state index contributed by atoms with van der Waals surface area (Å²) in [6.07, 6.45) is 6.33. The fraction of sp³-hybridized carbons (Fsp3) is 0.500. The van der Waals surface area contributed by atoms with Gasteiger partial charge in [-0.1, -0.05) is 11.6 Å². The summed E-state index contributed by atoms with van der Waals surface area (Å²) in [6, 6.07) is 0. The van der Waals surface area contributed by atoms with Crippen LogP contribution in [0, 0.1) is 0 Å². The van der Waals surface area contributed by atoms with Crippen molar-refractivity contribution < 1.29 is 0 Å². The van der Waals surface area contributed by atoms with E-state index in [1.54, 1.807) is 0 Å². The van der Waals surface area contributed by atoms with E-state index in [4.69, 9.17) is 0 Å². The van der Waals surface area contributed by atoms with Crippen molar-refractivity contribution in [2.45, 2.75) is 26.7 Å². The van der Waals surface area contributed by atoms with Crippen LogP contribution in [0.15, 0.2) is 28.4 Å². The molecule has 0 aromatic carbocycles. The van der Waals surface area contributed by atoms with E-state index in [9.17, 15) is 0 Å². The molecule has 2 heteroatoms. The van der Waals surface area contributed by atoms with Crippen molar-refractivity contribution in [1.82, 2.24) is 5.32 Å². The summed E-state index contributed by atoms with van der Waals surface area (Å²) in [4.78, 5) is 4.15. The minimum Gasteiger partial charge on any atom is -0.350 e. The van der Waals surface area contributed by atoms with Crippen LogP contribution < -0.4 is 5.32 Å². The third kappa shape index (κ3) is 2.53. The first-order chi connectivity index (χ1) is 5.72. The Morgan fingerprint density at radius 1 is 1.33 bits per heavy atom. The highest BCUT2D eigenvalue weighted by molar-refractivity contribution is 5.83. The van der Waals surface area contributed by atoms with Gasteiger partial charge in [0.15, 0.2) is 0 Å². The molecule has 1 aliphatic heterocycles. The summed E-state index contributed by atoms with van der Waals surface area (Å²) in [5.74, 6) is 1.07. The number of hydrogen-bond acceptors (Lipinski definition) is 1. The monoisotopic (exact) mass is 164 g/mol. The molecule has 0 unspecified atom stereocenters. The minimum absolute atomic E-state index is 1.02. The van der Waals surface area contributed by atoms with Crippen molar-refractivity contribution in [1.29, 1.82) is 0 Å². The van der Waals surface area contributed by atoms with Crippen LogP contribution in [0.25, 0.3) is 0 Å². The van der Waals surface area contributed by atoms with Crippen molar-refractivity contribution in [2.75, 3.05) is 7.05 Å². The van der Waals surface area contributed by atoms with Crippen LogP contribution in [0.5, 0.6) is 0 Å². The van der Waals surface area contributed by atoms with Gasteiger partial charge in [-0.3, -0.25) is 4.99 Å². The van der Waals surface area contributed by atoms with Crippen LogP contribution >= 0.6 is 0 Å². The van der Waals surface area contributed by atoms with Crippen LogP contribution in [0.1, 0.15) is 26.7 Å². The molecule has 1 heterocycles. The number of nitrogens with zero attached hydrogens (tertiary/aromatic N) is 1. The maximum atomic E-state index is 4.15. The Balaban J connectivity index is 2.77. The Hall–Kier alpha value is -1.05. The molecule has 0 fully saturated rings. The second-order valence-corrected chi connectivity index (χ2v) is 3.19. The summed E-state index contributed by atoms with van der Waals surface area (Å²) in [5, 5.41) is 3.18. The first-order valence-electron chi connectivity index (χ1n) is 4.28. The lowest BCUT2D eigenvalue weighted by Gasteiger charge is -2.10. The number of nitrogens with one attached hydrogen (secondary N) is 1. The predicted octanol–water partition coefficient (Wildman–Crippen LogP) is 2.25. The number of allylic oxidation sites excluding steroid dienone is 3. The van der Waals surface area contributed by atoms with Gasteiger partial charge >= 0.3 is 0 Å². The van der Waals surface area contributed by atoms with Gasteiger partial charge in [-0.2, -0.15) is 0 Å². The van der Waals surface area contributed by atoms with E-state index in [1.165, 1.54) is 11.1 Å². The molecular weight excluding hydrogens is 148 g/mol. The van der Waals surface area contributed by atoms with Gasteiger partial charge in [-0.25, -0.2) is 0 Å². The summed E-state index contributed by atoms with van der Waals surface area (Å²) in [6.45, 7) is 4.26. The average Bonchev–Trinajstić information content (AvgIpc) is 2.02. The zero-order valence-electron chi connectivity index (χ0n) is 8.02. The van der Waals surface area contributed by atoms with E-state index in [2.05, 4.69) is 30.2 Å². The molecule has 66 valence electrons. The van der Waals surface area contributed by atoms with Crippen molar-refractivity contribution in [3.8, 4) is 0 Å². The van der Waals surface area contributed by atoms with Gasteiger partial charge in [0, 0.05) is 19.7 Å². The quantitative estimate of drug-likeness (QED) is 0.583. The van der Waals surface area contributed by atoms with Gasteiger partial charge in [0.25, 0.3) is 0 Å². The zero-order valence-corrected chi connectivity index (χ0v) is 8.02. The van der Waals surface area contributed by atoms with Gasteiger partial charge in [-0.15, -0.1) is 0 Å². The molecule has 0 aromatic rings. The van der Waals surface area contributed by atoms with E-state index in [-0.39, 0.29) is 0 Å². The van der Waals surface area contributed by atoms with Gasteiger partial charge in [0.1, 0.15) is 5.84 Å². The second-order valence-electron chi connectivity index (χ2n) is 3.19. The van der Waals surface area contributed by atoms with E-state index >= 15 is 0 Å². The highest BCUT2D eigenvalue weighted by Gasteiger charge is 2.00. The number of rotatable bonds is 0. The lowest BCUT2D eigenvalue weighted by Crippen LogP contribution is -2.18. The topological polar surface area (TPSA) is 24.4 Å². The number of aliphatic imine (C=N–C) groups is 1. The van der Waals surface area contributed by atoms with Crippen LogP contribution in [0.2, 0.25) is 0 Å². The first kappa shape index (κ1) is 9.04. The molecule has 12 heavy (non-hydrogen) atoms. The molecule has 1 aliphatic rings. The van der Waals surface area contributed by atoms with Crippen molar-refractivity contribution in [3.05, 3.63) is 23.4 Å². The molecule has 0 amide bonds. The molecule has 0 aliphatic carbocycles. The van der Waals surface area contributed by atoms with E-state index < -0.39 is 0 Å². The predicted molar refractivity (Wildman–Crippen MR) is 53.2 cm³/mol. The van der Waals surface area contributed by atoms with E-state index in [0.717, 1.165) is 18.7 Å². The average molecular weight is 164 g/mol. The summed E-state index contributed by atoms with van der Waals surface area (Å²) < 4.78 is 0. The highest BCUT2D eigenvalue weighted by Crippen LogP contribution is 2.10. The Morgan fingerprint density at radius 2 is 2.08 bits per heavy atom. The fourth-order valence-corrected chi connectivity index (χ4v) is 1.26. The third-order valence-corrected chi connectivity index (χ3v) is 1.97. The maximum Gasteiger partial charge on any atom is 0.100 e. The Kier molecular flexibility index (Phi) is 3.09. The number of hydrogen-bond donors (Lipinski definition) is 1. The Morgan fingerprint density at radius 3 is 2.75 bits per heavy atom. The standard InChI is InChI=1S/C10H16N2/c1-8-4-5-10(11-3)12-7-9(2)6-8/h6-7H,4-5H2,1-3H3,(H,11,12). The van der Waals surface area contributed by atoms with Crippen LogP contribution in [0.3, 0.4) is 0 Å². The molecule has 0 aromatic heterocycles. The van der Waals surface area contributed by atoms with Gasteiger partial charge in [0.05, 0.1) is 0 Å². The fourth-order valence-electron chi connectivity index (χ4n) is 1.26. The van der Waals surface area contributed by atoms with E-state index in [1.807, 2.05) is 13.2 Å². The molecule has 0 spiro atoms. The van der Waals surface area contributed by atoms with Gasteiger partial charge in [-0.05, 0) is 25.8 Å². The van der Waals surface area contributed by atoms with Crippen molar-refractivity contribution in [2.24, 2.45) is 4.99 Å². The van der Waals surface area contributed by atoms with E-state index in [0.29, 0.717) is 0 Å². The van der Waals surface area contributed by atoms with Crippen LogP contribution in [0.4, 0.5) is 0 Å². The molecule has 0 radical (unpaired) electrons. The third-order valence-electron chi connectivity index (χ3n) is 1.97. The maximum absolute atomic E-state index is 4.15. The lowest BCUT2D eigenvalue weighted by atomic mass is 10.1. The van der Waals surface area contributed by atoms with Crippen molar-refractivity contribution in [3.63, 3.8) is 0 Å². The first-order valence-corrected chi connectivity index (χ1v) is 4.28. The Bertz CT molecular complexity index is 247. The number of amidine groups is 1. The second kappa shape index (κ2) is 4.10. The molecule has 0 bridgehead atoms. The van der Waals surface area contributed by atoms with Crippen LogP contribution in [-0.4, -0.2) is 12.9 Å². The largest absolute Gasteiger partial charge is 0.350 e. The molecule has 1 N–H and O–H groups in total. The zero-order chi connectivity index (χ0) is 8.97. The normalized spacial score (nSPS) is 22.1. The molecule has 0 atom stereocenters. The SMILES string of the molecule is CN=C1CCC(C)=CC(C)=CN1. The molecule has 0 saturated heterocycles. The molecular formula is C10H16N2. The van der Waals surface area contributed by atoms with Gasteiger partial charge in [0.2, 0.25) is 0 Å². The van der Waals surface area contributed by atoms with Gasteiger partial charge < -0.3 is 5.32 Å². The van der Waals surface area contributed by atoms with Crippen LogP contribution in [-0.2, 0) is 0 Å². The molecule has 0 saturated carbocycles. The minimum atomic E-state index is 1.02. The van der Waals surface area contributed by atoms with Crippen molar-refractivity contribution >= 4 is 5.84 Å². The summed E-state index contributed by atoms with van der Waals surface area (Å²) in [5.41, 5.74) is 2.68. The Labute approximate surface area is 74.1 Å².